The third-order valence-corrected chi connectivity index (χ3v) is 3.91. The zero-order chi connectivity index (χ0) is 14.1. The van der Waals surface area contributed by atoms with E-state index in [-0.39, 0.29) is 10.6 Å². The quantitative estimate of drug-likeness (QED) is 0.683. The summed E-state index contributed by atoms with van der Waals surface area (Å²) in [6.45, 7) is 1.88. The molecule has 0 spiro atoms. The van der Waals surface area contributed by atoms with E-state index in [0.29, 0.717) is 11.4 Å². The van der Waals surface area contributed by atoms with Crippen LogP contribution in [0.2, 0.25) is 0 Å². The molecule has 104 valence electrons. The van der Waals surface area contributed by atoms with Gasteiger partial charge in [0.05, 0.1) is 10.3 Å². The van der Waals surface area contributed by atoms with Crippen molar-refractivity contribution in [3.63, 3.8) is 0 Å². The summed E-state index contributed by atoms with van der Waals surface area (Å²) in [6, 6.07) is 5.75. The average Bonchev–Trinajstić information content (AvgIpc) is 2.94. The highest BCUT2D eigenvalue weighted by molar-refractivity contribution is 5.99. The standard InChI is InChI=1S/C14H16N4O2/c1-15-10-5-7-17(9-10)13-2-3-14(18(19)20)12-8-16-6-4-11(12)13/h2-4,6,8,10,15H,5,7,9H2,1H3. The first-order chi connectivity index (χ1) is 9.70. The summed E-state index contributed by atoms with van der Waals surface area (Å²) in [5, 5.41) is 15.9. The number of rotatable bonds is 3. The van der Waals surface area contributed by atoms with Crippen molar-refractivity contribution in [2.24, 2.45) is 0 Å². The van der Waals surface area contributed by atoms with Crippen LogP contribution < -0.4 is 10.2 Å². The van der Waals surface area contributed by atoms with Gasteiger partial charge in [-0.05, 0) is 25.6 Å². The molecular weight excluding hydrogens is 256 g/mol. The molecule has 0 saturated carbocycles. The fraction of sp³-hybridized carbons (Fsp3) is 0.357. The molecule has 6 nitrogen and oxygen atoms in total. The molecule has 1 aliphatic rings. The van der Waals surface area contributed by atoms with Crippen molar-refractivity contribution >= 4 is 22.1 Å². The van der Waals surface area contributed by atoms with Crippen LogP contribution in [-0.4, -0.2) is 36.1 Å². The summed E-state index contributed by atoms with van der Waals surface area (Å²) in [7, 11) is 1.96. The second-order valence-electron chi connectivity index (χ2n) is 5.00. The van der Waals surface area contributed by atoms with E-state index in [4.69, 9.17) is 0 Å². The highest BCUT2D eigenvalue weighted by Gasteiger charge is 2.24. The maximum Gasteiger partial charge on any atom is 0.278 e. The van der Waals surface area contributed by atoms with Gasteiger partial charge in [0.15, 0.2) is 0 Å². The van der Waals surface area contributed by atoms with E-state index in [1.54, 1.807) is 18.5 Å². The lowest BCUT2D eigenvalue weighted by atomic mass is 10.1. The summed E-state index contributed by atoms with van der Waals surface area (Å²) in [5.74, 6) is 0. The molecule has 1 aromatic heterocycles. The number of nitro benzene ring substituents is 1. The highest BCUT2D eigenvalue weighted by atomic mass is 16.6. The van der Waals surface area contributed by atoms with Gasteiger partial charge in [-0.25, -0.2) is 0 Å². The smallest absolute Gasteiger partial charge is 0.278 e. The Morgan fingerprint density at radius 3 is 2.95 bits per heavy atom. The molecule has 2 heterocycles. The molecule has 20 heavy (non-hydrogen) atoms. The average molecular weight is 272 g/mol. The molecule has 0 amide bonds. The Labute approximate surface area is 116 Å². The Morgan fingerprint density at radius 2 is 2.25 bits per heavy atom. The van der Waals surface area contributed by atoms with E-state index in [1.165, 1.54) is 0 Å². The number of fused-ring (bicyclic) bond motifs is 1. The summed E-state index contributed by atoms with van der Waals surface area (Å²) in [5.41, 5.74) is 1.16. The zero-order valence-corrected chi connectivity index (χ0v) is 11.2. The molecule has 0 radical (unpaired) electrons. The third kappa shape index (κ3) is 2.08. The normalized spacial score (nSPS) is 18.6. The monoisotopic (exact) mass is 272 g/mol. The minimum absolute atomic E-state index is 0.112. The second-order valence-corrected chi connectivity index (χ2v) is 5.00. The van der Waals surface area contributed by atoms with Crippen LogP contribution in [-0.2, 0) is 0 Å². The van der Waals surface area contributed by atoms with Crippen LogP contribution in [0, 0.1) is 10.1 Å². The number of pyridine rings is 1. The lowest BCUT2D eigenvalue weighted by molar-refractivity contribution is -0.383. The van der Waals surface area contributed by atoms with Crippen molar-refractivity contribution in [3.8, 4) is 0 Å². The molecule has 1 unspecified atom stereocenters. The third-order valence-electron chi connectivity index (χ3n) is 3.91. The van der Waals surface area contributed by atoms with Crippen LogP contribution in [0.4, 0.5) is 11.4 Å². The number of hydrogen-bond donors (Lipinski definition) is 1. The number of nitrogens with zero attached hydrogens (tertiary/aromatic N) is 3. The maximum absolute atomic E-state index is 11.1. The van der Waals surface area contributed by atoms with Crippen molar-refractivity contribution < 1.29 is 4.92 Å². The lowest BCUT2D eigenvalue weighted by Crippen LogP contribution is -2.29. The van der Waals surface area contributed by atoms with Gasteiger partial charge in [0.2, 0.25) is 0 Å². The van der Waals surface area contributed by atoms with Gasteiger partial charge in [0, 0.05) is 48.7 Å². The van der Waals surface area contributed by atoms with Crippen molar-refractivity contribution in [1.29, 1.82) is 0 Å². The number of benzene rings is 1. The number of likely N-dealkylation sites (N-methyl/N-ethyl adjacent to an activating group) is 1. The summed E-state index contributed by atoms with van der Waals surface area (Å²) >= 11 is 0. The minimum Gasteiger partial charge on any atom is -0.369 e. The Balaban J connectivity index is 2.09. The molecule has 1 saturated heterocycles. The summed E-state index contributed by atoms with van der Waals surface area (Å²) in [6.07, 6.45) is 4.34. The van der Waals surface area contributed by atoms with Gasteiger partial charge >= 0.3 is 0 Å². The molecule has 0 bridgehead atoms. The van der Waals surface area contributed by atoms with Crippen molar-refractivity contribution in [3.05, 3.63) is 40.7 Å². The Kier molecular flexibility index (Phi) is 3.23. The number of non-ortho nitro benzene ring substituents is 1. The number of nitrogens with one attached hydrogen (secondary N) is 1. The summed E-state index contributed by atoms with van der Waals surface area (Å²) in [4.78, 5) is 17.0. The fourth-order valence-electron chi connectivity index (χ4n) is 2.81. The first-order valence-electron chi connectivity index (χ1n) is 6.64. The molecule has 1 N–H and O–H groups in total. The largest absolute Gasteiger partial charge is 0.369 e. The first kappa shape index (κ1) is 12.8. The van der Waals surface area contributed by atoms with Crippen LogP contribution in [0.15, 0.2) is 30.6 Å². The molecular formula is C14H16N4O2. The van der Waals surface area contributed by atoms with Crippen molar-refractivity contribution in [2.45, 2.75) is 12.5 Å². The highest BCUT2D eigenvalue weighted by Crippen LogP contribution is 2.34. The minimum atomic E-state index is -0.353. The molecule has 1 fully saturated rings. The van der Waals surface area contributed by atoms with Gasteiger partial charge in [-0.1, -0.05) is 0 Å². The Bertz CT molecular complexity index is 659. The van der Waals surface area contributed by atoms with Gasteiger partial charge in [0.25, 0.3) is 5.69 Å². The first-order valence-corrected chi connectivity index (χ1v) is 6.64. The van der Waals surface area contributed by atoms with Crippen molar-refractivity contribution in [2.75, 3.05) is 25.0 Å². The fourth-order valence-corrected chi connectivity index (χ4v) is 2.81. The van der Waals surface area contributed by atoms with Gasteiger partial charge in [-0.2, -0.15) is 0 Å². The number of hydrogen-bond acceptors (Lipinski definition) is 5. The van der Waals surface area contributed by atoms with Gasteiger partial charge in [-0.15, -0.1) is 0 Å². The number of aromatic nitrogens is 1. The number of nitro groups is 1. The van der Waals surface area contributed by atoms with E-state index < -0.39 is 0 Å². The SMILES string of the molecule is CNC1CCN(c2ccc([N+](=O)[O-])c3cnccc23)C1. The van der Waals surface area contributed by atoms with Crippen LogP contribution in [0.5, 0.6) is 0 Å². The Morgan fingerprint density at radius 1 is 1.40 bits per heavy atom. The van der Waals surface area contributed by atoms with Crippen LogP contribution >= 0.6 is 0 Å². The number of anilines is 1. The molecule has 2 aromatic rings. The maximum atomic E-state index is 11.1. The lowest BCUT2D eigenvalue weighted by Gasteiger charge is -2.20. The zero-order valence-electron chi connectivity index (χ0n) is 11.2. The van der Waals surface area contributed by atoms with Crippen LogP contribution in [0.1, 0.15) is 6.42 Å². The molecule has 1 aromatic carbocycles. The predicted molar refractivity (Wildman–Crippen MR) is 78.1 cm³/mol. The van der Waals surface area contributed by atoms with E-state index >= 15 is 0 Å². The predicted octanol–water partition coefficient (Wildman–Crippen LogP) is 1.94. The molecule has 1 atom stereocenters. The van der Waals surface area contributed by atoms with E-state index in [2.05, 4.69) is 15.2 Å². The van der Waals surface area contributed by atoms with Crippen LogP contribution in [0.25, 0.3) is 10.8 Å². The molecule has 3 rings (SSSR count). The molecule has 0 aliphatic carbocycles. The Hall–Kier alpha value is -2.21. The van der Waals surface area contributed by atoms with E-state index in [1.807, 2.05) is 19.2 Å². The second kappa shape index (κ2) is 5.05. The molecule has 6 heteroatoms. The van der Waals surface area contributed by atoms with Crippen molar-refractivity contribution in [1.82, 2.24) is 10.3 Å². The van der Waals surface area contributed by atoms with Gasteiger partial charge < -0.3 is 10.2 Å². The van der Waals surface area contributed by atoms with Crippen LogP contribution in [0.3, 0.4) is 0 Å². The van der Waals surface area contributed by atoms with Gasteiger partial charge in [0.1, 0.15) is 0 Å². The molecule has 1 aliphatic heterocycles. The topological polar surface area (TPSA) is 71.3 Å². The van der Waals surface area contributed by atoms with E-state index in [9.17, 15) is 10.1 Å². The summed E-state index contributed by atoms with van der Waals surface area (Å²) < 4.78 is 0. The van der Waals surface area contributed by atoms with E-state index in [0.717, 1.165) is 30.6 Å². The van der Waals surface area contributed by atoms with Gasteiger partial charge in [-0.3, -0.25) is 15.1 Å².